The number of hydrogen-bond donors (Lipinski definition) is 0. The largest absolute Gasteiger partial charge is 2.00 e. The van der Waals surface area contributed by atoms with Crippen molar-refractivity contribution in [3.63, 3.8) is 0 Å². The molecule has 1 radical (unpaired) electrons. The summed E-state index contributed by atoms with van der Waals surface area (Å²) in [5.74, 6) is 0. The summed E-state index contributed by atoms with van der Waals surface area (Å²) in [4.78, 5) is 0. The Morgan fingerprint density at radius 1 is 1.50 bits per heavy atom. The second-order valence-corrected chi connectivity index (χ2v) is 0. The molecule has 0 N–H and O–H groups in total. The Balaban J connectivity index is -0.000000000833. The van der Waals surface area contributed by atoms with Gasteiger partial charge in [-0.1, -0.05) is 0 Å². The van der Waals surface area contributed by atoms with E-state index in [9.17, 15) is 0 Å². The molecule has 4 heavy (non-hydrogen) atoms. The summed E-state index contributed by atoms with van der Waals surface area (Å²) in [6.07, 6.45) is 0. The van der Waals surface area contributed by atoms with Gasteiger partial charge in [0.1, 0.15) is 0 Å². The fourth-order valence-corrected chi connectivity index (χ4v) is 0. The molecule has 0 aliphatic carbocycles. The molecule has 0 atom stereocenters. The van der Waals surface area contributed by atoms with Gasteiger partial charge in [0, 0.05) is 32.7 Å². The van der Waals surface area contributed by atoms with E-state index in [0.717, 1.165) is 0 Å². The fraction of sp³-hybridized carbons (Fsp3) is 0. The van der Waals surface area contributed by atoms with E-state index in [1.54, 1.807) is 0 Å². The van der Waals surface area contributed by atoms with E-state index in [-0.39, 0.29) is 105 Å². The van der Waals surface area contributed by atoms with Crippen LogP contribution in [-0.4, -0.2) is 69.9 Å². The van der Waals surface area contributed by atoms with Gasteiger partial charge in [-0.05, 0) is 0 Å². The van der Waals surface area contributed by atoms with Gasteiger partial charge < -0.3 is 2.85 Å². The SMILES string of the molecule is [H-].[H-].[O]=[InH].[Sr+2].[Y]. The van der Waals surface area contributed by atoms with Crippen LogP contribution in [-0.2, 0) is 35.6 Å². The fourth-order valence-electron chi connectivity index (χ4n) is 0. The van der Waals surface area contributed by atoms with Gasteiger partial charge in [0.15, 0.2) is 0 Å². The summed E-state index contributed by atoms with van der Waals surface area (Å²) in [5, 5.41) is 0. The summed E-state index contributed by atoms with van der Waals surface area (Å²) in [6.45, 7) is 0. The Kier molecular flexibility index (Phi) is 63.9. The average Bonchev–Trinajstić information content (AvgIpc) is 1.00. The maximum atomic E-state index is 8.42. The van der Waals surface area contributed by atoms with E-state index in [0.29, 0.717) is 0 Å². The van der Waals surface area contributed by atoms with Crippen molar-refractivity contribution in [3.05, 3.63) is 0 Å². The predicted molar refractivity (Wildman–Crippen MR) is 15.8 cm³/mol. The molecule has 0 aromatic carbocycles. The van der Waals surface area contributed by atoms with Crippen LogP contribution < -0.4 is 0 Å². The Labute approximate surface area is 105 Å². The second kappa shape index (κ2) is 16.3. The van der Waals surface area contributed by atoms with Crippen molar-refractivity contribution < 1.29 is 38.4 Å². The van der Waals surface area contributed by atoms with Gasteiger partial charge in [-0.3, -0.25) is 0 Å². The van der Waals surface area contributed by atoms with Gasteiger partial charge >= 0.3 is 72.7 Å². The quantitative estimate of drug-likeness (QED) is 0.529. The summed E-state index contributed by atoms with van der Waals surface area (Å²) < 4.78 is 8.42. The van der Waals surface area contributed by atoms with E-state index in [1.165, 1.54) is 0 Å². The van der Waals surface area contributed by atoms with Gasteiger partial charge in [-0.15, -0.1) is 0 Å². The molecule has 0 aliphatic rings. The van der Waals surface area contributed by atoms with Crippen molar-refractivity contribution >= 4 is 69.9 Å². The zero-order valence-electron chi connectivity index (χ0n) is 4.40. The van der Waals surface area contributed by atoms with E-state index in [4.69, 9.17) is 2.85 Å². The number of hydrogen-bond acceptors (Lipinski definition) is 1. The molecule has 4 heteroatoms. The molecule has 0 rings (SSSR count). The van der Waals surface area contributed by atoms with Crippen LogP contribution in [0, 0.1) is 0 Å². The topological polar surface area (TPSA) is 17.1 Å². The van der Waals surface area contributed by atoms with Crippen molar-refractivity contribution in [1.82, 2.24) is 0 Å². The monoisotopic (exact) mass is 311 g/mol. The minimum atomic E-state index is -0.1000. The van der Waals surface area contributed by atoms with Crippen LogP contribution in [0.4, 0.5) is 0 Å². The molecule has 0 aromatic rings. The number of rotatable bonds is 0. The normalized spacial score (nSPS) is 0.750. The van der Waals surface area contributed by atoms with Crippen LogP contribution in [0.2, 0.25) is 0 Å². The van der Waals surface area contributed by atoms with Crippen LogP contribution in [0.1, 0.15) is 2.85 Å². The molecule has 0 spiro atoms. The molecule has 0 aromatic heterocycles. The molecule has 0 aliphatic heterocycles. The van der Waals surface area contributed by atoms with E-state index < -0.39 is 0 Å². The molecule has 0 unspecified atom stereocenters. The third-order valence-corrected chi connectivity index (χ3v) is 0. The van der Waals surface area contributed by atoms with Crippen molar-refractivity contribution in [3.8, 4) is 0 Å². The molecule has 0 fully saturated rings. The van der Waals surface area contributed by atoms with Crippen LogP contribution in [0.15, 0.2) is 0 Å². The zero-order chi connectivity index (χ0) is 2.00. The molecular formula is H3InOSrY. The first-order valence-electron chi connectivity index (χ1n) is 0.289. The molecule has 1 nitrogen and oxygen atoms in total. The summed E-state index contributed by atoms with van der Waals surface area (Å²) in [7, 11) is 0. The summed E-state index contributed by atoms with van der Waals surface area (Å²) in [5.41, 5.74) is 0. The molecule has 0 saturated carbocycles. The van der Waals surface area contributed by atoms with Gasteiger partial charge in [-0.25, -0.2) is 0 Å². The minimum absolute atomic E-state index is 0. The maximum Gasteiger partial charge on any atom is 2.00 e. The second-order valence-electron chi connectivity index (χ2n) is 0. The smallest absolute Gasteiger partial charge is 0 e. The first kappa shape index (κ1) is 15.7. The first-order chi connectivity index (χ1) is 1.00. The van der Waals surface area contributed by atoms with Crippen molar-refractivity contribution in [2.24, 2.45) is 0 Å². The predicted octanol–water partition coefficient (Wildman–Crippen LogP) is -0.926. The minimum Gasteiger partial charge on any atom is 0 e. The molecule has 0 heterocycles. The van der Waals surface area contributed by atoms with Crippen molar-refractivity contribution in [2.45, 2.75) is 0 Å². The molecule has 0 bridgehead atoms. The maximum absolute atomic E-state index is 8.42. The van der Waals surface area contributed by atoms with E-state index in [1.807, 2.05) is 0 Å². The van der Waals surface area contributed by atoms with Crippen molar-refractivity contribution in [2.75, 3.05) is 0 Å². The molecule has 0 saturated heterocycles. The van der Waals surface area contributed by atoms with Gasteiger partial charge in [-0.2, -0.15) is 0 Å². The Morgan fingerprint density at radius 2 is 1.50 bits per heavy atom. The Hall–Kier alpha value is 3.25. The summed E-state index contributed by atoms with van der Waals surface area (Å²) >= 11 is -0.1000. The van der Waals surface area contributed by atoms with Gasteiger partial charge in [0.25, 0.3) is 0 Å². The van der Waals surface area contributed by atoms with Crippen LogP contribution in [0.25, 0.3) is 0 Å². The van der Waals surface area contributed by atoms with Gasteiger partial charge in [0.05, 0.1) is 0 Å². The Bertz CT molecular complexity index is 13.5. The Morgan fingerprint density at radius 3 is 1.50 bits per heavy atom. The first-order valence-corrected chi connectivity index (χ1v) is 1.94. The standard InChI is InChI=1S/In.O.Sr.Y.3H/q;;+2;;;2*-1. The van der Waals surface area contributed by atoms with Crippen LogP contribution >= 0.6 is 0 Å². The molecule has 17 valence electrons. The third-order valence-electron chi connectivity index (χ3n) is 0. The average molecular weight is 310 g/mol. The van der Waals surface area contributed by atoms with Crippen LogP contribution in [0.3, 0.4) is 0 Å². The zero-order valence-corrected chi connectivity index (χ0v) is 12.8. The van der Waals surface area contributed by atoms with Crippen molar-refractivity contribution in [1.29, 1.82) is 0 Å². The molecular weight excluding hydrogens is 307 g/mol. The van der Waals surface area contributed by atoms with Crippen LogP contribution in [0.5, 0.6) is 0 Å². The van der Waals surface area contributed by atoms with E-state index in [2.05, 4.69) is 0 Å². The third kappa shape index (κ3) is 8.98. The summed E-state index contributed by atoms with van der Waals surface area (Å²) in [6, 6.07) is 0. The van der Waals surface area contributed by atoms with Gasteiger partial charge in [0.2, 0.25) is 0 Å². The molecule has 0 amide bonds. The van der Waals surface area contributed by atoms with E-state index >= 15 is 0 Å².